The van der Waals surface area contributed by atoms with E-state index in [0.717, 1.165) is 24.2 Å². The van der Waals surface area contributed by atoms with Crippen LogP contribution in [0.25, 0.3) is 0 Å². The molecular weight excluding hydrogens is 330 g/mol. The second-order valence-electron chi connectivity index (χ2n) is 5.70. The summed E-state index contributed by atoms with van der Waals surface area (Å²) in [6.45, 7) is 4.02. The van der Waals surface area contributed by atoms with Gasteiger partial charge in [0.1, 0.15) is 5.75 Å². The molecule has 2 aromatic rings. The molecule has 1 aliphatic rings. The molecule has 0 unspecified atom stereocenters. The van der Waals surface area contributed by atoms with Gasteiger partial charge in [0.25, 0.3) is 0 Å². The Balaban J connectivity index is 1.84. The van der Waals surface area contributed by atoms with Crippen LogP contribution in [-0.4, -0.2) is 23.1 Å². The van der Waals surface area contributed by atoms with Crippen molar-refractivity contribution in [1.29, 1.82) is 0 Å². The summed E-state index contributed by atoms with van der Waals surface area (Å²) in [5.74, 6) is 1.24. The average molecular weight is 348 g/mol. The van der Waals surface area contributed by atoms with E-state index in [0.29, 0.717) is 25.5 Å². The van der Waals surface area contributed by atoms with E-state index in [2.05, 4.69) is 18.0 Å². The van der Waals surface area contributed by atoms with Gasteiger partial charge in [0.2, 0.25) is 5.82 Å². The van der Waals surface area contributed by atoms with Crippen LogP contribution in [0.2, 0.25) is 5.02 Å². The first-order valence-corrected chi connectivity index (χ1v) is 8.25. The number of ether oxygens (including phenoxy) is 1. The third kappa shape index (κ3) is 3.43. The number of anilines is 1. The molecule has 3 rings (SSSR count). The summed E-state index contributed by atoms with van der Waals surface area (Å²) in [6, 6.07) is 7.38. The summed E-state index contributed by atoms with van der Waals surface area (Å²) < 4.78 is 5.67. The van der Waals surface area contributed by atoms with Gasteiger partial charge in [-0.25, -0.2) is 4.98 Å². The Morgan fingerprint density at radius 3 is 2.96 bits per heavy atom. The third-order valence-corrected chi connectivity index (χ3v) is 4.18. The van der Waals surface area contributed by atoms with Crippen molar-refractivity contribution in [3.05, 3.63) is 56.7 Å². The molecule has 24 heavy (non-hydrogen) atoms. The van der Waals surface area contributed by atoms with Crippen molar-refractivity contribution in [3.63, 3.8) is 0 Å². The largest absolute Gasteiger partial charge is 0.494 e. The number of fused-ring (bicyclic) bond motifs is 1. The summed E-state index contributed by atoms with van der Waals surface area (Å²) in [7, 11) is 0. The smallest absolute Gasteiger partial charge is 0.313 e. The minimum atomic E-state index is -0.439. The van der Waals surface area contributed by atoms with Crippen LogP contribution in [0.5, 0.6) is 5.75 Å². The number of hydrogen-bond acceptors (Lipinski definition) is 5. The summed E-state index contributed by atoms with van der Waals surface area (Å²) in [5, 5.41) is 11.5. The van der Waals surface area contributed by atoms with Crippen LogP contribution in [0.15, 0.2) is 30.5 Å². The SMILES string of the molecule is CCCOc1ccc2c(c1)CCN(c1ncc(Cl)cc1[N+](=O)[O-])C2. The van der Waals surface area contributed by atoms with Crippen molar-refractivity contribution < 1.29 is 9.66 Å². The van der Waals surface area contributed by atoms with E-state index in [1.165, 1.54) is 17.8 Å². The molecule has 1 aliphatic heterocycles. The second-order valence-corrected chi connectivity index (χ2v) is 6.14. The summed E-state index contributed by atoms with van der Waals surface area (Å²) in [5.41, 5.74) is 2.29. The second kappa shape index (κ2) is 7.05. The van der Waals surface area contributed by atoms with Crippen LogP contribution in [-0.2, 0) is 13.0 Å². The van der Waals surface area contributed by atoms with E-state index >= 15 is 0 Å². The van der Waals surface area contributed by atoms with Crippen molar-refractivity contribution in [2.45, 2.75) is 26.3 Å². The van der Waals surface area contributed by atoms with Crippen LogP contribution in [0.4, 0.5) is 11.5 Å². The summed E-state index contributed by atoms with van der Waals surface area (Å²) in [6.07, 6.45) is 3.21. The maximum Gasteiger partial charge on any atom is 0.313 e. The number of aromatic nitrogens is 1. The fraction of sp³-hybridized carbons (Fsp3) is 0.353. The van der Waals surface area contributed by atoms with Gasteiger partial charge in [0, 0.05) is 25.4 Å². The number of benzene rings is 1. The molecule has 0 N–H and O–H groups in total. The van der Waals surface area contributed by atoms with Crippen LogP contribution >= 0.6 is 11.6 Å². The molecule has 126 valence electrons. The number of hydrogen-bond donors (Lipinski definition) is 0. The number of halogens is 1. The Morgan fingerprint density at radius 2 is 2.21 bits per heavy atom. The standard InChI is InChI=1S/C17H18ClN3O3/c1-2-7-24-15-4-3-13-11-20(6-5-12(13)8-15)17-16(21(22)23)9-14(18)10-19-17/h3-4,8-10H,2,5-7,11H2,1H3. The molecule has 0 saturated carbocycles. The van der Waals surface area contributed by atoms with E-state index in [9.17, 15) is 10.1 Å². The zero-order valence-electron chi connectivity index (χ0n) is 13.4. The monoisotopic (exact) mass is 347 g/mol. The molecule has 0 spiro atoms. The van der Waals surface area contributed by atoms with E-state index in [1.807, 2.05) is 17.0 Å². The van der Waals surface area contributed by atoms with E-state index < -0.39 is 4.92 Å². The number of nitro groups is 1. The van der Waals surface area contributed by atoms with Crippen molar-refractivity contribution in [2.24, 2.45) is 0 Å². The van der Waals surface area contributed by atoms with Gasteiger partial charge >= 0.3 is 5.69 Å². The molecule has 0 atom stereocenters. The minimum absolute atomic E-state index is 0.0613. The summed E-state index contributed by atoms with van der Waals surface area (Å²) in [4.78, 5) is 16.9. The van der Waals surface area contributed by atoms with Gasteiger partial charge < -0.3 is 9.64 Å². The molecule has 0 fully saturated rings. The van der Waals surface area contributed by atoms with Gasteiger partial charge in [0.05, 0.1) is 16.6 Å². The Bertz CT molecular complexity index is 767. The number of pyridine rings is 1. The molecule has 1 aromatic heterocycles. The molecule has 0 saturated heterocycles. The Kier molecular flexibility index (Phi) is 4.85. The van der Waals surface area contributed by atoms with Crippen LogP contribution in [0.3, 0.4) is 0 Å². The molecule has 6 nitrogen and oxygen atoms in total. The zero-order valence-corrected chi connectivity index (χ0v) is 14.1. The highest BCUT2D eigenvalue weighted by Gasteiger charge is 2.25. The van der Waals surface area contributed by atoms with Gasteiger partial charge in [-0.3, -0.25) is 10.1 Å². The normalized spacial score (nSPS) is 13.5. The van der Waals surface area contributed by atoms with Crippen LogP contribution < -0.4 is 9.64 Å². The maximum atomic E-state index is 11.3. The zero-order chi connectivity index (χ0) is 17.1. The molecule has 0 amide bonds. The van der Waals surface area contributed by atoms with Gasteiger partial charge in [-0.05, 0) is 36.1 Å². The Hall–Kier alpha value is -2.34. The molecule has 7 heteroatoms. The topological polar surface area (TPSA) is 68.5 Å². The van der Waals surface area contributed by atoms with Crippen molar-refractivity contribution in [2.75, 3.05) is 18.1 Å². The summed E-state index contributed by atoms with van der Waals surface area (Å²) >= 11 is 5.84. The average Bonchev–Trinajstić information content (AvgIpc) is 2.59. The lowest BCUT2D eigenvalue weighted by Gasteiger charge is -2.29. The first-order chi connectivity index (χ1) is 11.6. The highest BCUT2D eigenvalue weighted by Crippen LogP contribution is 2.32. The lowest BCUT2D eigenvalue weighted by molar-refractivity contribution is -0.384. The lowest BCUT2D eigenvalue weighted by Crippen LogP contribution is -2.31. The van der Waals surface area contributed by atoms with Crippen molar-refractivity contribution >= 4 is 23.1 Å². The maximum absolute atomic E-state index is 11.3. The molecular formula is C17H18ClN3O3. The molecule has 0 bridgehead atoms. The molecule has 0 radical (unpaired) electrons. The van der Waals surface area contributed by atoms with Crippen molar-refractivity contribution in [1.82, 2.24) is 4.98 Å². The first-order valence-electron chi connectivity index (χ1n) is 7.88. The lowest BCUT2D eigenvalue weighted by atomic mass is 9.99. The van der Waals surface area contributed by atoms with Gasteiger partial charge in [-0.2, -0.15) is 0 Å². The van der Waals surface area contributed by atoms with E-state index in [4.69, 9.17) is 16.3 Å². The Labute approximate surface area is 145 Å². The Morgan fingerprint density at radius 1 is 1.38 bits per heavy atom. The van der Waals surface area contributed by atoms with Crippen molar-refractivity contribution in [3.8, 4) is 5.75 Å². The molecule has 0 aliphatic carbocycles. The number of rotatable bonds is 5. The fourth-order valence-electron chi connectivity index (χ4n) is 2.82. The van der Waals surface area contributed by atoms with E-state index in [1.54, 1.807) is 0 Å². The quantitative estimate of drug-likeness (QED) is 0.604. The van der Waals surface area contributed by atoms with E-state index in [-0.39, 0.29) is 10.7 Å². The van der Waals surface area contributed by atoms with Crippen LogP contribution in [0, 0.1) is 10.1 Å². The highest BCUT2D eigenvalue weighted by atomic mass is 35.5. The predicted molar refractivity (Wildman–Crippen MR) is 92.9 cm³/mol. The van der Waals surface area contributed by atoms with Gasteiger partial charge in [-0.15, -0.1) is 0 Å². The molecule has 2 heterocycles. The first kappa shape index (κ1) is 16.5. The van der Waals surface area contributed by atoms with Gasteiger partial charge in [0.15, 0.2) is 0 Å². The number of nitrogens with zero attached hydrogens (tertiary/aromatic N) is 3. The minimum Gasteiger partial charge on any atom is -0.494 e. The fourth-order valence-corrected chi connectivity index (χ4v) is 2.97. The third-order valence-electron chi connectivity index (χ3n) is 3.97. The van der Waals surface area contributed by atoms with Crippen LogP contribution in [0.1, 0.15) is 24.5 Å². The highest BCUT2D eigenvalue weighted by molar-refractivity contribution is 6.30. The molecule has 1 aromatic carbocycles. The van der Waals surface area contributed by atoms with Gasteiger partial charge in [-0.1, -0.05) is 24.6 Å². The predicted octanol–water partition coefficient (Wildman–Crippen LogP) is 3.99.